The molecule has 0 aliphatic rings. The molecule has 19 heavy (non-hydrogen) atoms. The van der Waals surface area contributed by atoms with Gasteiger partial charge < -0.3 is 10.1 Å². The van der Waals surface area contributed by atoms with Gasteiger partial charge in [0.2, 0.25) is 10.0 Å². The zero-order valence-corrected chi connectivity index (χ0v) is 11.1. The third kappa shape index (κ3) is 3.46. The highest BCUT2D eigenvalue weighted by molar-refractivity contribution is 7.89. The molecule has 0 fully saturated rings. The Morgan fingerprint density at radius 1 is 0.947 bits per heavy atom. The molecule has 6 heteroatoms. The lowest BCUT2D eigenvalue weighted by atomic mass is 10.2. The van der Waals surface area contributed by atoms with E-state index in [2.05, 4.69) is 5.32 Å². The van der Waals surface area contributed by atoms with Crippen molar-refractivity contribution in [3.63, 3.8) is 0 Å². The fourth-order valence-corrected chi connectivity index (χ4v) is 2.08. The second-order valence-corrected chi connectivity index (χ2v) is 5.48. The zero-order valence-electron chi connectivity index (χ0n) is 10.3. The Balaban J connectivity index is 2.15. The van der Waals surface area contributed by atoms with Crippen molar-refractivity contribution in [2.75, 3.05) is 12.4 Å². The maximum atomic E-state index is 11.1. The van der Waals surface area contributed by atoms with Crippen molar-refractivity contribution in [2.24, 2.45) is 5.14 Å². The molecule has 0 amide bonds. The van der Waals surface area contributed by atoms with Gasteiger partial charge in [0.1, 0.15) is 5.75 Å². The Morgan fingerprint density at radius 2 is 1.42 bits per heavy atom. The van der Waals surface area contributed by atoms with Crippen molar-refractivity contribution >= 4 is 21.4 Å². The van der Waals surface area contributed by atoms with E-state index in [1.54, 1.807) is 19.2 Å². The molecule has 0 atom stereocenters. The molecule has 3 N–H and O–H groups in total. The Kier molecular flexibility index (Phi) is 3.73. The summed E-state index contributed by atoms with van der Waals surface area (Å²) in [6.07, 6.45) is 0. The lowest BCUT2D eigenvalue weighted by Crippen LogP contribution is -2.11. The molecular weight excluding hydrogens is 264 g/mol. The van der Waals surface area contributed by atoms with Crippen LogP contribution in [0, 0.1) is 0 Å². The molecule has 0 saturated heterocycles. The lowest BCUT2D eigenvalue weighted by molar-refractivity contribution is 0.415. The summed E-state index contributed by atoms with van der Waals surface area (Å²) >= 11 is 0. The van der Waals surface area contributed by atoms with Crippen LogP contribution in [0.4, 0.5) is 11.4 Å². The summed E-state index contributed by atoms with van der Waals surface area (Å²) in [5.74, 6) is 0.773. The number of hydrogen-bond acceptors (Lipinski definition) is 4. The standard InChI is InChI=1S/C13H14N2O3S/c1-18-12-6-2-10(3-7-12)15-11-4-8-13(9-5-11)19(14,16)17/h2-9,15H,1H3,(H2,14,16,17). The average molecular weight is 278 g/mol. The van der Waals surface area contributed by atoms with Crippen molar-refractivity contribution in [3.05, 3.63) is 48.5 Å². The molecule has 0 aliphatic carbocycles. The molecule has 5 nitrogen and oxygen atoms in total. The van der Waals surface area contributed by atoms with E-state index in [9.17, 15) is 8.42 Å². The predicted octanol–water partition coefficient (Wildman–Crippen LogP) is 2.09. The Hall–Kier alpha value is -2.05. The second-order valence-electron chi connectivity index (χ2n) is 3.92. The molecule has 2 aromatic rings. The van der Waals surface area contributed by atoms with E-state index in [4.69, 9.17) is 9.88 Å². The summed E-state index contributed by atoms with van der Waals surface area (Å²) in [7, 11) is -2.04. The zero-order chi connectivity index (χ0) is 13.9. The normalized spacial score (nSPS) is 11.1. The van der Waals surface area contributed by atoms with Gasteiger partial charge in [0, 0.05) is 11.4 Å². The first-order valence-corrected chi connectivity index (χ1v) is 7.07. The van der Waals surface area contributed by atoms with Gasteiger partial charge in [-0.1, -0.05) is 0 Å². The summed E-state index contributed by atoms with van der Waals surface area (Å²) in [6, 6.07) is 13.6. The molecule has 2 rings (SSSR count). The van der Waals surface area contributed by atoms with Gasteiger partial charge in [0.25, 0.3) is 0 Å². The van der Waals surface area contributed by atoms with Gasteiger partial charge in [-0.05, 0) is 48.5 Å². The Morgan fingerprint density at radius 3 is 1.84 bits per heavy atom. The highest BCUT2D eigenvalue weighted by Crippen LogP contribution is 2.20. The number of ether oxygens (including phenoxy) is 1. The molecule has 100 valence electrons. The van der Waals surface area contributed by atoms with E-state index in [-0.39, 0.29) is 4.90 Å². The molecule has 0 unspecified atom stereocenters. The maximum Gasteiger partial charge on any atom is 0.238 e. The SMILES string of the molecule is COc1ccc(Nc2ccc(S(N)(=O)=O)cc2)cc1. The summed E-state index contributed by atoms with van der Waals surface area (Å²) in [5, 5.41) is 8.17. The van der Waals surface area contributed by atoms with Crippen LogP contribution >= 0.6 is 0 Å². The van der Waals surface area contributed by atoms with Gasteiger partial charge in [-0.15, -0.1) is 0 Å². The third-order valence-corrected chi connectivity index (χ3v) is 3.49. The second kappa shape index (κ2) is 5.29. The van der Waals surface area contributed by atoms with Crippen molar-refractivity contribution in [1.82, 2.24) is 0 Å². The van der Waals surface area contributed by atoms with Gasteiger partial charge in [-0.2, -0.15) is 0 Å². The molecule has 0 spiro atoms. The Bertz CT molecular complexity index is 649. The van der Waals surface area contributed by atoms with Crippen LogP contribution in [0.15, 0.2) is 53.4 Å². The molecule has 0 heterocycles. The molecule has 0 aliphatic heterocycles. The minimum atomic E-state index is -3.65. The van der Waals surface area contributed by atoms with Crippen molar-refractivity contribution in [2.45, 2.75) is 4.90 Å². The molecule has 0 bridgehead atoms. The van der Waals surface area contributed by atoms with Gasteiger partial charge in [0.15, 0.2) is 0 Å². The number of anilines is 2. The number of sulfonamides is 1. The van der Waals surface area contributed by atoms with Crippen LogP contribution in [0.5, 0.6) is 5.75 Å². The first-order chi connectivity index (χ1) is 8.99. The van der Waals surface area contributed by atoms with Crippen LogP contribution in [-0.2, 0) is 10.0 Å². The fourth-order valence-electron chi connectivity index (χ4n) is 1.57. The van der Waals surface area contributed by atoms with E-state index in [0.29, 0.717) is 0 Å². The van der Waals surface area contributed by atoms with Crippen molar-refractivity contribution in [3.8, 4) is 5.75 Å². The van der Waals surface area contributed by atoms with Gasteiger partial charge in [0.05, 0.1) is 12.0 Å². The van der Waals surface area contributed by atoms with Crippen LogP contribution in [-0.4, -0.2) is 15.5 Å². The highest BCUT2D eigenvalue weighted by Gasteiger charge is 2.06. The summed E-state index contributed by atoms with van der Waals surface area (Å²) in [4.78, 5) is 0.0905. The summed E-state index contributed by atoms with van der Waals surface area (Å²) in [6.45, 7) is 0. The molecule has 0 radical (unpaired) electrons. The fraction of sp³-hybridized carbons (Fsp3) is 0.0769. The topological polar surface area (TPSA) is 81.4 Å². The van der Waals surface area contributed by atoms with E-state index in [1.807, 2.05) is 24.3 Å². The average Bonchev–Trinajstić information content (AvgIpc) is 2.39. The minimum Gasteiger partial charge on any atom is -0.497 e. The quantitative estimate of drug-likeness (QED) is 0.897. The lowest BCUT2D eigenvalue weighted by Gasteiger charge is -2.08. The van der Waals surface area contributed by atoms with E-state index < -0.39 is 10.0 Å². The monoisotopic (exact) mass is 278 g/mol. The smallest absolute Gasteiger partial charge is 0.238 e. The molecule has 0 aromatic heterocycles. The maximum absolute atomic E-state index is 11.1. The Labute approximate surface area is 112 Å². The van der Waals surface area contributed by atoms with Crippen LogP contribution in [0.1, 0.15) is 0 Å². The first-order valence-electron chi connectivity index (χ1n) is 5.53. The number of rotatable bonds is 4. The van der Waals surface area contributed by atoms with Crippen LogP contribution in [0.25, 0.3) is 0 Å². The highest BCUT2D eigenvalue weighted by atomic mass is 32.2. The number of hydrogen-bond donors (Lipinski definition) is 2. The van der Waals surface area contributed by atoms with Crippen LogP contribution in [0.2, 0.25) is 0 Å². The number of methoxy groups -OCH3 is 1. The van der Waals surface area contributed by atoms with Crippen molar-refractivity contribution in [1.29, 1.82) is 0 Å². The van der Waals surface area contributed by atoms with Crippen LogP contribution < -0.4 is 15.2 Å². The summed E-state index contributed by atoms with van der Waals surface area (Å²) in [5.41, 5.74) is 1.65. The van der Waals surface area contributed by atoms with E-state index in [0.717, 1.165) is 17.1 Å². The first kappa shape index (κ1) is 13.4. The van der Waals surface area contributed by atoms with Gasteiger partial charge >= 0.3 is 0 Å². The van der Waals surface area contributed by atoms with Gasteiger partial charge in [-0.25, -0.2) is 13.6 Å². The molecule has 0 saturated carbocycles. The minimum absolute atomic E-state index is 0.0905. The third-order valence-electron chi connectivity index (χ3n) is 2.56. The summed E-state index contributed by atoms with van der Waals surface area (Å²) < 4.78 is 27.3. The number of primary sulfonamides is 1. The number of nitrogens with two attached hydrogens (primary N) is 1. The predicted molar refractivity (Wildman–Crippen MR) is 74.1 cm³/mol. The van der Waals surface area contributed by atoms with Crippen LogP contribution in [0.3, 0.4) is 0 Å². The van der Waals surface area contributed by atoms with E-state index >= 15 is 0 Å². The molecular formula is C13H14N2O3S. The van der Waals surface area contributed by atoms with Crippen molar-refractivity contribution < 1.29 is 13.2 Å². The largest absolute Gasteiger partial charge is 0.497 e. The van der Waals surface area contributed by atoms with E-state index in [1.165, 1.54) is 12.1 Å². The number of nitrogens with one attached hydrogen (secondary N) is 1. The van der Waals surface area contributed by atoms with Gasteiger partial charge in [-0.3, -0.25) is 0 Å². The number of benzene rings is 2. The molecule has 2 aromatic carbocycles.